The van der Waals surface area contributed by atoms with Gasteiger partial charge in [-0.15, -0.1) is 0 Å². The van der Waals surface area contributed by atoms with Crippen LogP contribution in [0.25, 0.3) is 0 Å². The van der Waals surface area contributed by atoms with Gasteiger partial charge in [-0.1, -0.05) is 12.1 Å². The molecule has 1 N–H and O–H groups in total. The molecule has 0 amide bonds. The van der Waals surface area contributed by atoms with Crippen LogP contribution in [0, 0.1) is 5.82 Å². The number of rotatable bonds is 3. The van der Waals surface area contributed by atoms with Crippen molar-refractivity contribution in [2.75, 3.05) is 6.26 Å². The summed E-state index contributed by atoms with van der Waals surface area (Å²) in [5.74, 6) is -1.46. The Balaban J connectivity index is 3.04. The van der Waals surface area contributed by atoms with Crippen LogP contribution in [0.15, 0.2) is 18.2 Å². The summed E-state index contributed by atoms with van der Waals surface area (Å²) in [6.45, 7) is -0.519. The number of hydrogen-bond donors (Lipinski definition) is 1. The molecule has 0 saturated carbocycles. The topological polar surface area (TPSA) is 46.2 Å². The standard InChI is InChI=1S/C9H9F4NO2S/c1-17(15,16)14-5-6-3-2-4-7(8(6)10)9(11,12)13/h2-4,14H,5H2,1H3. The van der Waals surface area contributed by atoms with Crippen LogP contribution >= 0.6 is 0 Å². The van der Waals surface area contributed by atoms with Crippen LogP contribution in [0.1, 0.15) is 11.1 Å². The Morgan fingerprint density at radius 1 is 1.29 bits per heavy atom. The molecule has 1 aromatic rings. The third-order valence-electron chi connectivity index (χ3n) is 1.91. The molecule has 0 aromatic heterocycles. The van der Waals surface area contributed by atoms with Gasteiger partial charge < -0.3 is 0 Å². The Kier molecular flexibility index (Phi) is 3.78. The maximum atomic E-state index is 13.4. The van der Waals surface area contributed by atoms with Gasteiger partial charge in [0.1, 0.15) is 5.82 Å². The fourth-order valence-corrected chi connectivity index (χ4v) is 1.56. The van der Waals surface area contributed by atoms with Crippen molar-refractivity contribution in [3.05, 3.63) is 35.1 Å². The first-order valence-corrected chi connectivity index (χ1v) is 6.29. The second kappa shape index (κ2) is 4.61. The van der Waals surface area contributed by atoms with Crippen LogP contribution in [0.5, 0.6) is 0 Å². The van der Waals surface area contributed by atoms with E-state index in [2.05, 4.69) is 0 Å². The molecule has 0 heterocycles. The van der Waals surface area contributed by atoms with Gasteiger partial charge in [-0.25, -0.2) is 17.5 Å². The van der Waals surface area contributed by atoms with Crippen molar-refractivity contribution >= 4 is 10.0 Å². The Hall–Kier alpha value is -1.15. The van der Waals surface area contributed by atoms with Crippen molar-refractivity contribution in [2.45, 2.75) is 12.7 Å². The van der Waals surface area contributed by atoms with Crippen LogP contribution in [0.4, 0.5) is 17.6 Å². The van der Waals surface area contributed by atoms with Gasteiger partial charge in [-0.05, 0) is 6.07 Å². The van der Waals surface area contributed by atoms with Gasteiger partial charge in [0.15, 0.2) is 0 Å². The number of alkyl halides is 3. The summed E-state index contributed by atoms with van der Waals surface area (Å²) in [7, 11) is -3.59. The van der Waals surface area contributed by atoms with Gasteiger partial charge in [0.2, 0.25) is 10.0 Å². The molecule has 3 nitrogen and oxygen atoms in total. The number of halogens is 4. The van der Waals surface area contributed by atoms with Crippen molar-refractivity contribution in [1.29, 1.82) is 0 Å². The maximum absolute atomic E-state index is 13.4. The summed E-state index contributed by atoms with van der Waals surface area (Å²) < 4.78 is 73.8. The summed E-state index contributed by atoms with van der Waals surface area (Å²) in [5, 5.41) is 0. The number of benzene rings is 1. The third-order valence-corrected chi connectivity index (χ3v) is 2.58. The molecular weight excluding hydrogens is 262 g/mol. The largest absolute Gasteiger partial charge is 0.419 e. The summed E-state index contributed by atoms with van der Waals surface area (Å²) in [6.07, 6.45) is -3.97. The van der Waals surface area contributed by atoms with E-state index < -0.39 is 34.1 Å². The molecule has 0 aliphatic carbocycles. The van der Waals surface area contributed by atoms with Crippen molar-refractivity contribution in [3.63, 3.8) is 0 Å². The minimum Gasteiger partial charge on any atom is -0.213 e. The van der Waals surface area contributed by atoms with Crippen LogP contribution in [0.2, 0.25) is 0 Å². The predicted octanol–water partition coefficient (Wildman–Crippen LogP) is 1.89. The normalized spacial score (nSPS) is 12.8. The van der Waals surface area contributed by atoms with Crippen molar-refractivity contribution in [2.24, 2.45) is 0 Å². The molecule has 1 rings (SSSR count). The summed E-state index contributed by atoms with van der Waals surface area (Å²) in [6, 6.07) is 2.70. The first-order valence-electron chi connectivity index (χ1n) is 4.40. The van der Waals surface area contributed by atoms with Gasteiger partial charge >= 0.3 is 6.18 Å². The minimum absolute atomic E-state index is 0.356. The fourth-order valence-electron chi connectivity index (χ4n) is 1.14. The van der Waals surface area contributed by atoms with E-state index in [4.69, 9.17) is 0 Å². The van der Waals surface area contributed by atoms with E-state index in [9.17, 15) is 26.0 Å². The summed E-state index contributed by atoms with van der Waals surface area (Å²) >= 11 is 0. The average Bonchev–Trinajstić information content (AvgIpc) is 2.13. The van der Waals surface area contributed by atoms with E-state index in [0.717, 1.165) is 18.4 Å². The monoisotopic (exact) mass is 271 g/mol. The zero-order chi connectivity index (χ0) is 13.3. The zero-order valence-electron chi connectivity index (χ0n) is 8.68. The molecule has 0 atom stereocenters. The summed E-state index contributed by atoms with van der Waals surface area (Å²) in [5.41, 5.74) is -1.77. The van der Waals surface area contributed by atoms with E-state index in [1.54, 1.807) is 0 Å². The molecule has 0 saturated heterocycles. The molecular formula is C9H9F4NO2S. The van der Waals surface area contributed by atoms with E-state index in [-0.39, 0.29) is 5.56 Å². The van der Waals surface area contributed by atoms with Gasteiger partial charge in [0.05, 0.1) is 11.8 Å². The molecule has 0 bridgehead atoms. The van der Waals surface area contributed by atoms with Gasteiger partial charge in [0.25, 0.3) is 0 Å². The molecule has 0 spiro atoms. The lowest BCUT2D eigenvalue weighted by atomic mass is 10.1. The highest BCUT2D eigenvalue weighted by molar-refractivity contribution is 7.88. The quantitative estimate of drug-likeness (QED) is 0.853. The smallest absolute Gasteiger partial charge is 0.213 e. The van der Waals surface area contributed by atoms with Gasteiger partial charge in [-0.2, -0.15) is 13.2 Å². The molecule has 0 radical (unpaired) electrons. The van der Waals surface area contributed by atoms with Gasteiger partial charge in [-0.3, -0.25) is 0 Å². The zero-order valence-corrected chi connectivity index (χ0v) is 9.49. The number of nitrogens with one attached hydrogen (secondary N) is 1. The highest BCUT2D eigenvalue weighted by Gasteiger charge is 2.34. The number of hydrogen-bond acceptors (Lipinski definition) is 2. The van der Waals surface area contributed by atoms with Crippen molar-refractivity contribution in [1.82, 2.24) is 4.72 Å². The predicted molar refractivity (Wildman–Crippen MR) is 53.1 cm³/mol. The maximum Gasteiger partial charge on any atom is 0.419 e. The van der Waals surface area contributed by atoms with Crippen LogP contribution in [0.3, 0.4) is 0 Å². The minimum atomic E-state index is -4.80. The highest BCUT2D eigenvalue weighted by atomic mass is 32.2. The summed E-state index contributed by atoms with van der Waals surface area (Å²) in [4.78, 5) is 0. The van der Waals surface area contributed by atoms with Crippen LogP contribution in [-0.2, 0) is 22.7 Å². The third kappa shape index (κ3) is 3.97. The Labute approximate surface area is 95.5 Å². The Bertz CT molecular complexity index is 510. The van der Waals surface area contributed by atoms with Crippen LogP contribution in [-0.4, -0.2) is 14.7 Å². The highest BCUT2D eigenvalue weighted by Crippen LogP contribution is 2.32. The van der Waals surface area contributed by atoms with E-state index in [0.29, 0.717) is 6.07 Å². The molecule has 96 valence electrons. The van der Waals surface area contributed by atoms with Crippen LogP contribution < -0.4 is 4.72 Å². The van der Waals surface area contributed by atoms with E-state index >= 15 is 0 Å². The fraction of sp³-hybridized carbons (Fsp3) is 0.333. The second-order valence-corrected chi connectivity index (χ2v) is 5.20. The Morgan fingerprint density at radius 3 is 2.35 bits per heavy atom. The molecule has 0 aliphatic rings. The first-order chi connectivity index (χ1) is 7.61. The Morgan fingerprint density at radius 2 is 1.88 bits per heavy atom. The molecule has 17 heavy (non-hydrogen) atoms. The molecule has 0 aliphatic heterocycles. The molecule has 0 unspecified atom stereocenters. The van der Waals surface area contributed by atoms with Crippen molar-refractivity contribution < 1.29 is 26.0 Å². The lowest BCUT2D eigenvalue weighted by Crippen LogP contribution is -2.22. The lowest BCUT2D eigenvalue weighted by Gasteiger charge is -2.11. The lowest BCUT2D eigenvalue weighted by molar-refractivity contribution is -0.140. The first kappa shape index (κ1) is 13.9. The van der Waals surface area contributed by atoms with E-state index in [1.807, 2.05) is 4.72 Å². The average molecular weight is 271 g/mol. The second-order valence-electron chi connectivity index (χ2n) is 3.37. The van der Waals surface area contributed by atoms with E-state index in [1.165, 1.54) is 0 Å². The SMILES string of the molecule is CS(=O)(=O)NCc1cccc(C(F)(F)F)c1F. The number of sulfonamides is 1. The molecule has 8 heteroatoms. The molecule has 0 fully saturated rings. The molecule has 1 aromatic carbocycles. The van der Waals surface area contributed by atoms with Gasteiger partial charge in [0, 0.05) is 12.1 Å². The van der Waals surface area contributed by atoms with Crippen molar-refractivity contribution in [3.8, 4) is 0 Å².